The van der Waals surface area contributed by atoms with Crippen LogP contribution >= 0.6 is 0 Å². The van der Waals surface area contributed by atoms with Crippen LogP contribution in [-0.2, 0) is 9.53 Å². The molecule has 0 saturated heterocycles. The number of hydrogen-bond acceptors (Lipinski definition) is 3. The molecule has 0 aromatic rings. The number of aliphatic carboxylic acids is 1. The third-order valence-corrected chi connectivity index (χ3v) is 4.26. The van der Waals surface area contributed by atoms with Crippen LogP contribution in [-0.4, -0.2) is 41.9 Å². The van der Waals surface area contributed by atoms with Gasteiger partial charge in [0.05, 0.1) is 12.7 Å². The quantitative estimate of drug-likeness (QED) is 0.600. The summed E-state index contributed by atoms with van der Waals surface area (Å²) in [6.45, 7) is 4.37. The Morgan fingerprint density at radius 1 is 1.19 bits per heavy atom. The van der Waals surface area contributed by atoms with Crippen LogP contribution in [0.2, 0.25) is 0 Å². The predicted octanol–water partition coefficient (Wildman–Crippen LogP) is 2.28. The Hall–Kier alpha value is -1.30. The highest BCUT2D eigenvalue weighted by molar-refractivity contribution is 5.86. The first-order valence-electron chi connectivity index (χ1n) is 7.95. The lowest BCUT2D eigenvalue weighted by Crippen LogP contribution is -2.56. The second kappa shape index (κ2) is 8.87. The van der Waals surface area contributed by atoms with E-state index in [1.54, 1.807) is 13.8 Å². The van der Waals surface area contributed by atoms with E-state index in [0.29, 0.717) is 32.1 Å². The van der Waals surface area contributed by atoms with Gasteiger partial charge in [0.15, 0.2) is 0 Å². The van der Waals surface area contributed by atoms with Crippen molar-refractivity contribution >= 4 is 12.0 Å². The van der Waals surface area contributed by atoms with Crippen molar-refractivity contribution in [1.29, 1.82) is 0 Å². The van der Waals surface area contributed by atoms with E-state index in [9.17, 15) is 14.7 Å². The number of carboxylic acids is 1. The Bertz CT molecular complexity index is 337. The van der Waals surface area contributed by atoms with Gasteiger partial charge in [-0.15, -0.1) is 0 Å². The van der Waals surface area contributed by atoms with Crippen LogP contribution in [0.3, 0.4) is 0 Å². The van der Waals surface area contributed by atoms with Crippen molar-refractivity contribution in [3.05, 3.63) is 0 Å². The molecule has 2 amide bonds. The summed E-state index contributed by atoms with van der Waals surface area (Å²) in [5.74, 6) is -0.999. The highest BCUT2D eigenvalue weighted by Gasteiger charge is 2.36. The number of carboxylic acid groups (broad SMARTS) is 1. The third-order valence-electron chi connectivity index (χ3n) is 4.26. The molecule has 0 spiro atoms. The molecule has 1 aliphatic rings. The van der Waals surface area contributed by atoms with Gasteiger partial charge in [-0.2, -0.15) is 0 Å². The topological polar surface area (TPSA) is 87.7 Å². The van der Waals surface area contributed by atoms with Crippen molar-refractivity contribution in [2.75, 3.05) is 13.2 Å². The van der Waals surface area contributed by atoms with Crippen LogP contribution in [0.15, 0.2) is 0 Å². The largest absolute Gasteiger partial charge is 0.480 e. The Balaban J connectivity index is 2.25. The molecule has 0 aliphatic heterocycles. The van der Waals surface area contributed by atoms with E-state index in [1.807, 2.05) is 0 Å². The number of urea groups is 1. The van der Waals surface area contributed by atoms with Crippen LogP contribution in [0, 0.1) is 0 Å². The standard InChI is InChI=1S/C15H28N2O4/c1-3-15(4-2,13(18)19)17-14(20)16-10-11-21-12-8-6-5-7-9-12/h12H,3-11H2,1-2H3,(H,18,19)(H2,16,17,20). The number of hydrogen-bond donors (Lipinski definition) is 3. The molecule has 0 bridgehead atoms. The fourth-order valence-electron chi connectivity index (χ4n) is 2.67. The minimum absolute atomic E-state index is 0.313. The normalized spacial score (nSPS) is 16.5. The van der Waals surface area contributed by atoms with Crippen molar-refractivity contribution in [3.8, 4) is 0 Å². The second-order valence-electron chi connectivity index (χ2n) is 5.61. The van der Waals surface area contributed by atoms with E-state index in [-0.39, 0.29) is 0 Å². The van der Waals surface area contributed by atoms with Gasteiger partial charge < -0.3 is 20.5 Å². The zero-order valence-electron chi connectivity index (χ0n) is 13.1. The first-order valence-corrected chi connectivity index (χ1v) is 7.95. The first-order chi connectivity index (χ1) is 10.0. The van der Waals surface area contributed by atoms with Crippen molar-refractivity contribution in [2.24, 2.45) is 0 Å². The van der Waals surface area contributed by atoms with Gasteiger partial charge in [0.2, 0.25) is 0 Å². The van der Waals surface area contributed by atoms with Gasteiger partial charge in [-0.3, -0.25) is 0 Å². The van der Waals surface area contributed by atoms with Gasteiger partial charge >= 0.3 is 12.0 Å². The van der Waals surface area contributed by atoms with Gasteiger partial charge in [0, 0.05) is 6.54 Å². The lowest BCUT2D eigenvalue weighted by molar-refractivity contribution is -0.144. The zero-order chi connectivity index (χ0) is 15.7. The first kappa shape index (κ1) is 17.8. The molecule has 6 heteroatoms. The molecule has 6 nitrogen and oxygen atoms in total. The highest BCUT2D eigenvalue weighted by atomic mass is 16.5. The van der Waals surface area contributed by atoms with Crippen molar-refractivity contribution < 1.29 is 19.4 Å². The lowest BCUT2D eigenvalue weighted by Gasteiger charge is -2.28. The number of carbonyl (C=O) groups excluding carboxylic acids is 1. The van der Waals surface area contributed by atoms with E-state index in [0.717, 1.165) is 12.8 Å². The summed E-state index contributed by atoms with van der Waals surface area (Å²) in [4.78, 5) is 23.1. The summed E-state index contributed by atoms with van der Waals surface area (Å²) in [6.07, 6.45) is 6.92. The monoisotopic (exact) mass is 300 g/mol. The molecule has 21 heavy (non-hydrogen) atoms. The molecule has 1 fully saturated rings. The molecule has 122 valence electrons. The third kappa shape index (κ3) is 5.53. The number of ether oxygens (including phenoxy) is 1. The van der Waals surface area contributed by atoms with Crippen LogP contribution in [0.4, 0.5) is 4.79 Å². The molecule has 0 atom stereocenters. The average Bonchev–Trinajstić information content (AvgIpc) is 2.50. The smallest absolute Gasteiger partial charge is 0.329 e. The SMILES string of the molecule is CCC(CC)(NC(=O)NCCOC1CCCCC1)C(=O)O. The molecule has 0 aromatic heterocycles. The summed E-state index contributed by atoms with van der Waals surface area (Å²) in [7, 11) is 0. The number of amides is 2. The molecule has 0 radical (unpaired) electrons. The molecule has 1 rings (SSSR count). The summed E-state index contributed by atoms with van der Waals surface area (Å²) >= 11 is 0. The molecule has 3 N–H and O–H groups in total. The number of carbonyl (C=O) groups is 2. The van der Waals surface area contributed by atoms with Crippen LogP contribution in [0.25, 0.3) is 0 Å². The summed E-state index contributed by atoms with van der Waals surface area (Å²) in [5.41, 5.74) is -1.19. The molecule has 1 aliphatic carbocycles. The average molecular weight is 300 g/mol. The van der Waals surface area contributed by atoms with E-state index >= 15 is 0 Å². The molecule has 0 unspecified atom stereocenters. The minimum atomic E-state index is -1.19. The Labute approximate surface area is 126 Å². The van der Waals surface area contributed by atoms with E-state index in [2.05, 4.69) is 10.6 Å². The van der Waals surface area contributed by atoms with E-state index in [4.69, 9.17) is 4.74 Å². The second-order valence-corrected chi connectivity index (χ2v) is 5.61. The van der Waals surface area contributed by atoms with Crippen LogP contribution in [0.1, 0.15) is 58.8 Å². The molecule has 0 aromatic carbocycles. The maximum atomic E-state index is 11.8. The molecular formula is C15H28N2O4. The molecule has 0 heterocycles. The Morgan fingerprint density at radius 2 is 1.81 bits per heavy atom. The maximum Gasteiger partial charge on any atom is 0.329 e. The Morgan fingerprint density at radius 3 is 2.33 bits per heavy atom. The number of rotatable bonds is 8. The highest BCUT2D eigenvalue weighted by Crippen LogP contribution is 2.19. The minimum Gasteiger partial charge on any atom is -0.480 e. The molecule has 1 saturated carbocycles. The predicted molar refractivity (Wildman–Crippen MR) is 80.3 cm³/mol. The van der Waals surface area contributed by atoms with Gasteiger partial charge in [0.1, 0.15) is 5.54 Å². The maximum absolute atomic E-state index is 11.8. The summed E-state index contributed by atoms with van der Waals surface area (Å²) < 4.78 is 5.70. The fourth-order valence-corrected chi connectivity index (χ4v) is 2.67. The van der Waals surface area contributed by atoms with Crippen LogP contribution < -0.4 is 10.6 Å². The van der Waals surface area contributed by atoms with Crippen LogP contribution in [0.5, 0.6) is 0 Å². The lowest BCUT2D eigenvalue weighted by atomic mass is 9.93. The fraction of sp³-hybridized carbons (Fsp3) is 0.867. The van der Waals surface area contributed by atoms with Crippen molar-refractivity contribution in [3.63, 3.8) is 0 Å². The summed E-state index contributed by atoms with van der Waals surface area (Å²) in [5, 5.41) is 14.5. The van der Waals surface area contributed by atoms with E-state index < -0.39 is 17.5 Å². The van der Waals surface area contributed by atoms with Gasteiger partial charge in [-0.1, -0.05) is 33.1 Å². The van der Waals surface area contributed by atoms with Gasteiger partial charge in [0.25, 0.3) is 0 Å². The Kier molecular flexibility index (Phi) is 7.50. The number of nitrogens with one attached hydrogen (secondary N) is 2. The van der Waals surface area contributed by atoms with Crippen molar-refractivity contribution in [2.45, 2.75) is 70.4 Å². The van der Waals surface area contributed by atoms with Crippen molar-refractivity contribution in [1.82, 2.24) is 10.6 Å². The van der Waals surface area contributed by atoms with E-state index in [1.165, 1.54) is 19.3 Å². The van der Waals surface area contributed by atoms with Gasteiger partial charge in [-0.25, -0.2) is 9.59 Å². The zero-order valence-corrected chi connectivity index (χ0v) is 13.1. The molecular weight excluding hydrogens is 272 g/mol. The van der Waals surface area contributed by atoms with Gasteiger partial charge in [-0.05, 0) is 25.7 Å². The summed E-state index contributed by atoms with van der Waals surface area (Å²) in [6, 6.07) is -0.451.